The van der Waals surface area contributed by atoms with E-state index in [1.807, 2.05) is 17.9 Å². The lowest BCUT2D eigenvalue weighted by atomic mass is 9.90. The number of urea groups is 1. The van der Waals surface area contributed by atoms with Crippen LogP contribution in [0.15, 0.2) is 48.7 Å². The van der Waals surface area contributed by atoms with Crippen molar-refractivity contribution in [2.75, 3.05) is 25.0 Å². The topological polar surface area (TPSA) is 74.3 Å². The highest BCUT2D eigenvalue weighted by Gasteiger charge is 2.23. The lowest BCUT2D eigenvalue weighted by Crippen LogP contribution is -2.45. The zero-order valence-electron chi connectivity index (χ0n) is 15.6. The molecular formula is C21H26N4O2. The molecule has 1 saturated heterocycles. The van der Waals surface area contributed by atoms with E-state index in [-0.39, 0.29) is 18.5 Å². The van der Waals surface area contributed by atoms with Crippen molar-refractivity contribution in [3.63, 3.8) is 0 Å². The molecule has 6 heteroatoms. The zero-order valence-corrected chi connectivity index (χ0v) is 15.6. The molecule has 2 aromatic rings. The largest absolute Gasteiger partial charge is 0.341 e. The molecule has 1 aromatic carbocycles. The Bertz CT molecular complexity index is 771. The minimum absolute atomic E-state index is 0.0131. The molecule has 0 atom stereocenters. The Kier molecular flexibility index (Phi) is 6.41. The highest BCUT2D eigenvalue weighted by Crippen LogP contribution is 2.21. The molecule has 3 amide bonds. The van der Waals surface area contributed by atoms with Crippen molar-refractivity contribution in [1.82, 2.24) is 15.2 Å². The number of aryl methyl sites for hydroxylation is 1. The molecule has 0 spiro atoms. The van der Waals surface area contributed by atoms with E-state index in [0.717, 1.165) is 38.0 Å². The third kappa shape index (κ3) is 5.81. The monoisotopic (exact) mass is 366 g/mol. The number of carbonyl (C=O) groups is 2. The second-order valence-electron chi connectivity index (χ2n) is 7.01. The predicted octanol–water partition coefficient (Wildman–Crippen LogP) is 2.99. The molecule has 1 aliphatic rings. The Morgan fingerprint density at radius 2 is 1.89 bits per heavy atom. The third-order valence-electron chi connectivity index (χ3n) is 4.89. The van der Waals surface area contributed by atoms with Gasteiger partial charge >= 0.3 is 6.03 Å². The SMILES string of the molecule is Cc1cc(NC(=O)NCC(=O)N2CCC(Cc3ccccc3)CC2)ccn1. The quantitative estimate of drug-likeness (QED) is 0.854. The maximum Gasteiger partial charge on any atom is 0.319 e. The lowest BCUT2D eigenvalue weighted by Gasteiger charge is -2.32. The third-order valence-corrected chi connectivity index (χ3v) is 4.89. The molecule has 6 nitrogen and oxygen atoms in total. The molecular weight excluding hydrogens is 340 g/mol. The number of piperidine rings is 1. The number of aromatic nitrogens is 1. The molecule has 0 radical (unpaired) electrons. The molecule has 3 rings (SSSR count). The predicted molar refractivity (Wildman–Crippen MR) is 105 cm³/mol. The van der Waals surface area contributed by atoms with Crippen molar-refractivity contribution >= 4 is 17.6 Å². The molecule has 2 N–H and O–H groups in total. The van der Waals surface area contributed by atoms with Gasteiger partial charge in [-0.1, -0.05) is 30.3 Å². The average Bonchev–Trinajstić information content (AvgIpc) is 2.67. The summed E-state index contributed by atoms with van der Waals surface area (Å²) in [5, 5.41) is 5.35. The number of nitrogens with zero attached hydrogens (tertiary/aromatic N) is 2. The van der Waals surface area contributed by atoms with Gasteiger partial charge in [0, 0.05) is 30.7 Å². The fourth-order valence-corrected chi connectivity index (χ4v) is 3.40. The molecule has 0 aliphatic carbocycles. The van der Waals surface area contributed by atoms with E-state index in [0.29, 0.717) is 11.6 Å². The Balaban J connectivity index is 1.38. The summed E-state index contributed by atoms with van der Waals surface area (Å²) in [5.41, 5.74) is 2.84. The smallest absolute Gasteiger partial charge is 0.319 e. The van der Waals surface area contributed by atoms with Crippen LogP contribution in [0.3, 0.4) is 0 Å². The van der Waals surface area contributed by atoms with Crippen molar-refractivity contribution in [3.8, 4) is 0 Å². The molecule has 0 bridgehead atoms. The highest BCUT2D eigenvalue weighted by molar-refractivity contribution is 5.92. The maximum absolute atomic E-state index is 12.3. The van der Waals surface area contributed by atoms with Crippen LogP contribution in [-0.4, -0.2) is 41.5 Å². The Morgan fingerprint density at radius 1 is 1.15 bits per heavy atom. The molecule has 1 aliphatic heterocycles. The van der Waals surface area contributed by atoms with Crippen LogP contribution >= 0.6 is 0 Å². The van der Waals surface area contributed by atoms with E-state index in [1.54, 1.807) is 18.3 Å². The Morgan fingerprint density at radius 3 is 2.59 bits per heavy atom. The Hall–Kier alpha value is -2.89. The van der Waals surface area contributed by atoms with E-state index < -0.39 is 0 Å². The van der Waals surface area contributed by atoms with Gasteiger partial charge in [0.25, 0.3) is 0 Å². The van der Waals surface area contributed by atoms with Crippen LogP contribution < -0.4 is 10.6 Å². The first-order valence-corrected chi connectivity index (χ1v) is 9.39. The fourth-order valence-electron chi connectivity index (χ4n) is 3.40. The van der Waals surface area contributed by atoms with Gasteiger partial charge in [0.2, 0.25) is 5.91 Å². The lowest BCUT2D eigenvalue weighted by molar-refractivity contribution is -0.131. The van der Waals surface area contributed by atoms with Crippen molar-refractivity contribution in [2.24, 2.45) is 5.92 Å². The van der Waals surface area contributed by atoms with Crippen molar-refractivity contribution in [3.05, 3.63) is 59.9 Å². The fraction of sp³-hybridized carbons (Fsp3) is 0.381. The summed E-state index contributed by atoms with van der Waals surface area (Å²) in [4.78, 5) is 30.2. The van der Waals surface area contributed by atoms with E-state index >= 15 is 0 Å². The first-order valence-electron chi connectivity index (χ1n) is 9.39. The number of pyridine rings is 1. The van der Waals surface area contributed by atoms with Gasteiger partial charge in [0.05, 0.1) is 6.54 Å². The Labute approximate surface area is 160 Å². The summed E-state index contributed by atoms with van der Waals surface area (Å²) in [6.45, 7) is 3.37. The van der Waals surface area contributed by atoms with Gasteiger partial charge in [-0.05, 0) is 49.8 Å². The number of carbonyl (C=O) groups excluding carboxylic acids is 2. The summed E-state index contributed by atoms with van der Waals surface area (Å²) in [5.74, 6) is 0.580. The number of hydrogen-bond donors (Lipinski definition) is 2. The number of amides is 3. The summed E-state index contributed by atoms with van der Waals surface area (Å²) in [7, 11) is 0. The standard InChI is InChI=1S/C21H26N4O2/c1-16-13-19(7-10-22-16)24-21(27)23-15-20(26)25-11-8-18(9-12-25)14-17-5-3-2-4-6-17/h2-7,10,13,18H,8-9,11-12,14-15H2,1H3,(H2,22,23,24,27). The first kappa shape index (κ1) is 18.9. The highest BCUT2D eigenvalue weighted by atomic mass is 16.2. The average molecular weight is 366 g/mol. The van der Waals surface area contributed by atoms with Crippen LogP contribution in [0.1, 0.15) is 24.1 Å². The number of rotatable bonds is 5. The van der Waals surface area contributed by atoms with Crippen LogP contribution in [0.4, 0.5) is 10.5 Å². The molecule has 2 heterocycles. The second kappa shape index (κ2) is 9.16. The maximum atomic E-state index is 12.3. The molecule has 1 aromatic heterocycles. The molecule has 1 fully saturated rings. The number of benzene rings is 1. The van der Waals surface area contributed by atoms with Crippen LogP contribution in [-0.2, 0) is 11.2 Å². The van der Waals surface area contributed by atoms with Gasteiger partial charge in [-0.25, -0.2) is 4.79 Å². The van der Waals surface area contributed by atoms with Gasteiger partial charge in [-0.3, -0.25) is 9.78 Å². The summed E-state index contributed by atoms with van der Waals surface area (Å²) in [6.07, 6.45) is 4.71. The minimum atomic E-state index is -0.382. The number of likely N-dealkylation sites (tertiary alicyclic amines) is 1. The molecule has 0 unspecified atom stereocenters. The van der Waals surface area contributed by atoms with Crippen LogP contribution in [0, 0.1) is 12.8 Å². The zero-order chi connectivity index (χ0) is 19.1. The summed E-state index contributed by atoms with van der Waals surface area (Å²) < 4.78 is 0. The molecule has 142 valence electrons. The van der Waals surface area contributed by atoms with Crippen molar-refractivity contribution in [1.29, 1.82) is 0 Å². The van der Waals surface area contributed by atoms with E-state index in [1.165, 1.54) is 5.56 Å². The van der Waals surface area contributed by atoms with Crippen LogP contribution in [0.25, 0.3) is 0 Å². The van der Waals surface area contributed by atoms with E-state index in [2.05, 4.69) is 39.9 Å². The first-order chi connectivity index (χ1) is 13.1. The normalized spacial score (nSPS) is 14.6. The summed E-state index contributed by atoms with van der Waals surface area (Å²) in [6, 6.07) is 13.6. The number of hydrogen-bond acceptors (Lipinski definition) is 3. The van der Waals surface area contributed by atoms with E-state index in [4.69, 9.17) is 0 Å². The van der Waals surface area contributed by atoms with Gasteiger partial charge in [0.1, 0.15) is 0 Å². The van der Waals surface area contributed by atoms with Gasteiger partial charge in [0.15, 0.2) is 0 Å². The van der Waals surface area contributed by atoms with Crippen LogP contribution in [0.5, 0.6) is 0 Å². The van der Waals surface area contributed by atoms with Gasteiger partial charge < -0.3 is 15.5 Å². The number of anilines is 1. The van der Waals surface area contributed by atoms with Crippen molar-refractivity contribution < 1.29 is 9.59 Å². The molecule has 0 saturated carbocycles. The van der Waals surface area contributed by atoms with E-state index in [9.17, 15) is 9.59 Å². The van der Waals surface area contributed by atoms with Crippen LogP contribution in [0.2, 0.25) is 0 Å². The van der Waals surface area contributed by atoms with Gasteiger partial charge in [-0.15, -0.1) is 0 Å². The second-order valence-corrected chi connectivity index (χ2v) is 7.01. The minimum Gasteiger partial charge on any atom is -0.341 e. The number of nitrogens with one attached hydrogen (secondary N) is 2. The van der Waals surface area contributed by atoms with Gasteiger partial charge in [-0.2, -0.15) is 0 Å². The molecule has 27 heavy (non-hydrogen) atoms. The summed E-state index contributed by atoms with van der Waals surface area (Å²) >= 11 is 0. The van der Waals surface area contributed by atoms with Crippen molar-refractivity contribution in [2.45, 2.75) is 26.2 Å².